The first-order chi connectivity index (χ1) is 7.93. The number of ether oxygens (including phenoxy) is 1. The molecule has 1 aromatic carbocycles. The standard InChI is InChI=1S/C12H11F3O2/c1-17-11(16)10-6-9(10)7-2-4-8(5-3-7)12(13,14)15/h2-5,9-10H,6H2,1H3/t9-,10-/m1/s1. The average Bonchev–Trinajstić information content (AvgIpc) is 3.07. The van der Waals surface area contributed by atoms with E-state index in [2.05, 4.69) is 4.74 Å². The maximum atomic E-state index is 12.3. The molecular formula is C12H11F3O2. The van der Waals surface area contributed by atoms with Gasteiger partial charge in [0.1, 0.15) is 0 Å². The Balaban J connectivity index is 2.08. The van der Waals surface area contributed by atoms with Crippen molar-refractivity contribution in [2.45, 2.75) is 18.5 Å². The van der Waals surface area contributed by atoms with E-state index in [1.54, 1.807) is 0 Å². The van der Waals surface area contributed by atoms with E-state index in [0.29, 0.717) is 6.42 Å². The number of methoxy groups -OCH3 is 1. The van der Waals surface area contributed by atoms with Crippen LogP contribution in [0.15, 0.2) is 24.3 Å². The van der Waals surface area contributed by atoms with E-state index >= 15 is 0 Å². The van der Waals surface area contributed by atoms with Crippen LogP contribution < -0.4 is 0 Å². The van der Waals surface area contributed by atoms with Crippen LogP contribution in [0.5, 0.6) is 0 Å². The number of rotatable bonds is 2. The molecule has 1 aromatic rings. The summed E-state index contributed by atoms with van der Waals surface area (Å²) in [5.74, 6) is -0.489. The lowest BCUT2D eigenvalue weighted by atomic mass is 10.1. The zero-order valence-electron chi connectivity index (χ0n) is 9.12. The van der Waals surface area contributed by atoms with Gasteiger partial charge in [-0.25, -0.2) is 0 Å². The van der Waals surface area contributed by atoms with Gasteiger partial charge in [0.05, 0.1) is 18.6 Å². The number of hydrogen-bond donors (Lipinski definition) is 0. The van der Waals surface area contributed by atoms with Crippen LogP contribution >= 0.6 is 0 Å². The predicted octanol–water partition coefficient (Wildman–Crippen LogP) is 2.98. The van der Waals surface area contributed by atoms with Crippen LogP contribution in [0.25, 0.3) is 0 Å². The van der Waals surface area contributed by atoms with Crippen molar-refractivity contribution < 1.29 is 22.7 Å². The summed E-state index contributed by atoms with van der Waals surface area (Å²) in [6, 6.07) is 4.94. The van der Waals surface area contributed by atoms with Gasteiger partial charge in [0, 0.05) is 0 Å². The fourth-order valence-electron chi connectivity index (χ4n) is 1.89. The van der Waals surface area contributed by atoms with Gasteiger partial charge in [-0.1, -0.05) is 12.1 Å². The second-order valence-corrected chi connectivity index (χ2v) is 4.09. The van der Waals surface area contributed by atoms with E-state index in [9.17, 15) is 18.0 Å². The van der Waals surface area contributed by atoms with Crippen LogP contribution in [0.4, 0.5) is 13.2 Å². The van der Waals surface area contributed by atoms with E-state index in [-0.39, 0.29) is 17.8 Å². The van der Waals surface area contributed by atoms with Crippen molar-refractivity contribution in [2.24, 2.45) is 5.92 Å². The van der Waals surface area contributed by atoms with E-state index in [0.717, 1.165) is 17.7 Å². The lowest BCUT2D eigenvalue weighted by Crippen LogP contribution is -2.05. The van der Waals surface area contributed by atoms with Crippen LogP contribution in [-0.4, -0.2) is 13.1 Å². The number of alkyl halides is 3. The van der Waals surface area contributed by atoms with Gasteiger partial charge in [0.2, 0.25) is 0 Å². The topological polar surface area (TPSA) is 26.3 Å². The Labute approximate surface area is 96.4 Å². The van der Waals surface area contributed by atoms with Gasteiger partial charge < -0.3 is 4.74 Å². The van der Waals surface area contributed by atoms with Crippen LogP contribution in [0.2, 0.25) is 0 Å². The summed E-state index contributed by atoms with van der Waals surface area (Å²) in [6.07, 6.45) is -3.66. The lowest BCUT2D eigenvalue weighted by molar-refractivity contribution is -0.142. The Kier molecular flexibility index (Phi) is 2.85. The molecule has 0 N–H and O–H groups in total. The minimum Gasteiger partial charge on any atom is -0.469 e. The lowest BCUT2D eigenvalue weighted by Gasteiger charge is -2.07. The van der Waals surface area contributed by atoms with E-state index in [1.165, 1.54) is 19.2 Å². The molecular weight excluding hydrogens is 233 g/mol. The number of halogens is 3. The van der Waals surface area contributed by atoms with Gasteiger partial charge in [-0.15, -0.1) is 0 Å². The third-order valence-electron chi connectivity index (χ3n) is 2.96. The molecule has 0 radical (unpaired) electrons. The molecule has 1 aliphatic rings. The summed E-state index contributed by atoms with van der Waals surface area (Å²) < 4.78 is 41.5. The molecule has 1 fully saturated rings. The minimum atomic E-state index is -4.32. The molecule has 0 aliphatic heterocycles. The Morgan fingerprint density at radius 2 is 1.88 bits per heavy atom. The molecule has 1 aliphatic carbocycles. The Hall–Kier alpha value is -1.52. The van der Waals surface area contributed by atoms with E-state index in [1.807, 2.05) is 0 Å². The third-order valence-corrected chi connectivity index (χ3v) is 2.96. The van der Waals surface area contributed by atoms with Crippen LogP contribution in [0, 0.1) is 5.92 Å². The van der Waals surface area contributed by atoms with Gasteiger partial charge in [-0.3, -0.25) is 4.79 Å². The molecule has 0 bridgehead atoms. The second-order valence-electron chi connectivity index (χ2n) is 4.09. The first-order valence-electron chi connectivity index (χ1n) is 5.18. The fraction of sp³-hybridized carbons (Fsp3) is 0.417. The fourth-order valence-corrected chi connectivity index (χ4v) is 1.89. The van der Waals surface area contributed by atoms with Gasteiger partial charge >= 0.3 is 12.1 Å². The average molecular weight is 244 g/mol. The van der Waals surface area contributed by atoms with Crippen molar-refractivity contribution in [1.29, 1.82) is 0 Å². The molecule has 17 heavy (non-hydrogen) atoms. The molecule has 0 amide bonds. The molecule has 0 spiro atoms. The summed E-state index contributed by atoms with van der Waals surface area (Å²) >= 11 is 0. The monoisotopic (exact) mass is 244 g/mol. The van der Waals surface area contributed by atoms with Crippen LogP contribution in [-0.2, 0) is 15.7 Å². The Morgan fingerprint density at radius 3 is 2.35 bits per heavy atom. The molecule has 92 valence electrons. The van der Waals surface area contributed by atoms with Crippen molar-refractivity contribution in [3.63, 3.8) is 0 Å². The third kappa shape index (κ3) is 2.43. The number of carbonyl (C=O) groups excluding carboxylic acids is 1. The normalized spacial score (nSPS) is 23.3. The van der Waals surface area contributed by atoms with Crippen LogP contribution in [0.3, 0.4) is 0 Å². The number of esters is 1. The minimum absolute atomic E-state index is 0.00438. The van der Waals surface area contributed by atoms with Crippen molar-refractivity contribution in [3.8, 4) is 0 Å². The zero-order valence-corrected chi connectivity index (χ0v) is 9.12. The molecule has 1 saturated carbocycles. The van der Waals surface area contributed by atoms with E-state index in [4.69, 9.17) is 0 Å². The summed E-state index contributed by atoms with van der Waals surface area (Å²) in [5, 5.41) is 0. The van der Waals surface area contributed by atoms with Crippen LogP contribution in [0.1, 0.15) is 23.5 Å². The van der Waals surface area contributed by atoms with Crippen molar-refractivity contribution in [3.05, 3.63) is 35.4 Å². The van der Waals surface area contributed by atoms with Gasteiger partial charge in [0.25, 0.3) is 0 Å². The smallest absolute Gasteiger partial charge is 0.416 e. The van der Waals surface area contributed by atoms with Crippen molar-refractivity contribution >= 4 is 5.97 Å². The maximum absolute atomic E-state index is 12.3. The first-order valence-corrected chi connectivity index (χ1v) is 5.18. The SMILES string of the molecule is COC(=O)[C@@H]1C[C@@H]1c1ccc(C(F)(F)F)cc1. The molecule has 2 atom stereocenters. The summed E-state index contributed by atoms with van der Waals surface area (Å²) in [5.41, 5.74) is 0.0879. The van der Waals surface area contributed by atoms with Crippen molar-refractivity contribution in [1.82, 2.24) is 0 Å². The molecule has 2 rings (SSSR count). The Bertz CT molecular complexity index is 422. The molecule has 2 nitrogen and oxygen atoms in total. The zero-order chi connectivity index (χ0) is 12.6. The highest BCUT2D eigenvalue weighted by molar-refractivity contribution is 5.77. The predicted molar refractivity (Wildman–Crippen MR) is 54.3 cm³/mol. The molecule has 0 unspecified atom stereocenters. The highest BCUT2D eigenvalue weighted by atomic mass is 19.4. The molecule has 0 saturated heterocycles. The number of benzene rings is 1. The van der Waals surface area contributed by atoms with Gasteiger partial charge in [0.15, 0.2) is 0 Å². The second kappa shape index (κ2) is 4.05. The Morgan fingerprint density at radius 1 is 1.29 bits per heavy atom. The maximum Gasteiger partial charge on any atom is 0.416 e. The summed E-state index contributed by atoms with van der Waals surface area (Å²) in [6.45, 7) is 0. The highest BCUT2D eigenvalue weighted by Gasteiger charge is 2.45. The van der Waals surface area contributed by atoms with Gasteiger partial charge in [-0.05, 0) is 30.0 Å². The van der Waals surface area contributed by atoms with Crippen molar-refractivity contribution in [2.75, 3.05) is 7.11 Å². The van der Waals surface area contributed by atoms with E-state index < -0.39 is 11.7 Å². The molecule has 5 heteroatoms. The number of hydrogen-bond acceptors (Lipinski definition) is 2. The highest BCUT2D eigenvalue weighted by Crippen LogP contribution is 2.48. The van der Waals surface area contributed by atoms with Gasteiger partial charge in [-0.2, -0.15) is 13.2 Å². The summed E-state index contributed by atoms with van der Waals surface area (Å²) in [4.78, 5) is 11.2. The number of carbonyl (C=O) groups is 1. The quantitative estimate of drug-likeness (QED) is 0.747. The largest absolute Gasteiger partial charge is 0.469 e. The molecule has 0 aromatic heterocycles. The summed E-state index contributed by atoms with van der Waals surface area (Å²) in [7, 11) is 1.31. The first kappa shape index (κ1) is 12.0. The molecule has 0 heterocycles.